The molecule has 27 heavy (non-hydrogen) atoms. The highest BCUT2D eigenvalue weighted by atomic mass is 32.2. The number of benzene rings is 1. The van der Waals surface area contributed by atoms with Gasteiger partial charge in [0.25, 0.3) is 0 Å². The third kappa shape index (κ3) is 5.30. The van der Waals surface area contributed by atoms with E-state index in [1.54, 1.807) is 38.1 Å². The maximum atomic E-state index is 12.1. The van der Waals surface area contributed by atoms with Gasteiger partial charge in [-0.2, -0.15) is 10.5 Å². The van der Waals surface area contributed by atoms with Crippen LogP contribution in [0.25, 0.3) is 0 Å². The summed E-state index contributed by atoms with van der Waals surface area (Å²) in [6.45, 7) is 3.57. The molecule has 0 atom stereocenters. The Labute approximate surface area is 161 Å². The lowest BCUT2D eigenvalue weighted by Crippen LogP contribution is -2.15. The summed E-state index contributed by atoms with van der Waals surface area (Å²) in [5, 5.41) is 21.3. The smallest absolute Gasteiger partial charge is 0.340 e. The number of nitrogens with one attached hydrogen (secondary N) is 1. The van der Waals surface area contributed by atoms with Gasteiger partial charge in [-0.15, -0.1) is 0 Å². The molecule has 136 valence electrons. The number of nitrogens with zero attached hydrogens (tertiary/aromatic N) is 3. The highest BCUT2D eigenvalue weighted by Gasteiger charge is 2.17. The molecule has 0 unspecified atom stereocenters. The SMILES string of the molecule is CCOC(=O)c1cc(C#N)c(SCC(=O)Nc2cccc(C#N)c2)nc1C. The fraction of sp³-hybridized carbons (Fsp3) is 0.211. The number of esters is 1. The summed E-state index contributed by atoms with van der Waals surface area (Å²) in [6, 6.07) is 12.0. The molecule has 0 saturated carbocycles. The van der Waals surface area contributed by atoms with E-state index in [0.29, 0.717) is 22.0 Å². The Morgan fingerprint density at radius 2 is 2.04 bits per heavy atom. The largest absolute Gasteiger partial charge is 0.462 e. The second-order valence-electron chi connectivity index (χ2n) is 5.34. The number of anilines is 1. The van der Waals surface area contributed by atoms with Crippen molar-refractivity contribution in [3.05, 3.63) is 52.7 Å². The van der Waals surface area contributed by atoms with Crippen molar-refractivity contribution in [3.8, 4) is 12.1 Å². The number of nitriles is 2. The van der Waals surface area contributed by atoms with Gasteiger partial charge in [0.1, 0.15) is 11.1 Å². The van der Waals surface area contributed by atoms with Crippen LogP contribution in [0, 0.1) is 29.6 Å². The molecule has 1 amide bonds. The van der Waals surface area contributed by atoms with Gasteiger partial charge >= 0.3 is 5.97 Å². The molecule has 1 aromatic carbocycles. The van der Waals surface area contributed by atoms with Crippen molar-refractivity contribution in [1.29, 1.82) is 10.5 Å². The number of amides is 1. The molecule has 0 aliphatic heterocycles. The van der Waals surface area contributed by atoms with Crippen LogP contribution in [0.4, 0.5) is 5.69 Å². The molecule has 2 aromatic rings. The van der Waals surface area contributed by atoms with E-state index < -0.39 is 5.97 Å². The number of pyridine rings is 1. The first-order chi connectivity index (χ1) is 13.0. The Balaban J connectivity index is 2.09. The molecule has 1 N–H and O–H groups in total. The van der Waals surface area contributed by atoms with Gasteiger partial charge in [0.2, 0.25) is 5.91 Å². The first-order valence-corrected chi connectivity index (χ1v) is 8.98. The number of aromatic nitrogens is 1. The number of carbonyl (C=O) groups excluding carboxylic acids is 2. The van der Waals surface area contributed by atoms with Crippen molar-refractivity contribution in [2.75, 3.05) is 17.7 Å². The van der Waals surface area contributed by atoms with Crippen LogP contribution in [-0.4, -0.2) is 29.2 Å². The molecule has 0 radical (unpaired) electrons. The first-order valence-electron chi connectivity index (χ1n) is 8.00. The van der Waals surface area contributed by atoms with Crippen molar-refractivity contribution in [1.82, 2.24) is 4.98 Å². The maximum absolute atomic E-state index is 12.1. The van der Waals surface area contributed by atoms with Gasteiger partial charge in [0, 0.05) is 5.69 Å². The van der Waals surface area contributed by atoms with Crippen LogP contribution in [-0.2, 0) is 9.53 Å². The average molecular weight is 380 g/mol. The summed E-state index contributed by atoms with van der Waals surface area (Å²) in [7, 11) is 0. The Bertz CT molecular complexity index is 960. The molecule has 0 saturated heterocycles. The van der Waals surface area contributed by atoms with E-state index in [4.69, 9.17) is 10.00 Å². The fourth-order valence-electron chi connectivity index (χ4n) is 2.19. The predicted octanol–water partition coefficient (Wildman–Crippen LogP) is 3.04. The van der Waals surface area contributed by atoms with Gasteiger partial charge in [-0.05, 0) is 38.1 Å². The van der Waals surface area contributed by atoms with E-state index in [1.165, 1.54) is 6.07 Å². The van der Waals surface area contributed by atoms with Crippen molar-refractivity contribution in [3.63, 3.8) is 0 Å². The summed E-state index contributed by atoms with van der Waals surface area (Å²) in [5.41, 5.74) is 1.82. The average Bonchev–Trinajstić information content (AvgIpc) is 2.66. The quantitative estimate of drug-likeness (QED) is 0.605. The lowest BCUT2D eigenvalue weighted by Gasteiger charge is -2.09. The molecule has 0 aliphatic rings. The summed E-state index contributed by atoms with van der Waals surface area (Å²) >= 11 is 1.09. The minimum Gasteiger partial charge on any atom is -0.462 e. The van der Waals surface area contributed by atoms with Crippen LogP contribution in [0.1, 0.15) is 34.1 Å². The third-order valence-electron chi connectivity index (χ3n) is 3.41. The Morgan fingerprint density at radius 1 is 1.26 bits per heavy atom. The Morgan fingerprint density at radius 3 is 2.70 bits per heavy atom. The molecule has 0 aliphatic carbocycles. The minimum atomic E-state index is -0.536. The zero-order chi connectivity index (χ0) is 19.8. The maximum Gasteiger partial charge on any atom is 0.340 e. The van der Waals surface area contributed by atoms with Crippen molar-refractivity contribution < 1.29 is 14.3 Å². The molecule has 8 heteroatoms. The monoisotopic (exact) mass is 380 g/mol. The van der Waals surface area contributed by atoms with Crippen LogP contribution in [0.5, 0.6) is 0 Å². The molecule has 1 aromatic heterocycles. The summed E-state index contributed by atoms with van der Waals surface area (Å²) < 4.78 is 4.95. The summed E-state index contributed by atoms with van der Waals surface area (Å²) in [4.78, 5) is 28.3. The molecule has 1 heterocycles. The number of rotatable bonds is 6. The fourth-order valence-corrected chi connectivity index (χ4v) is 2.99. The zero-order valence-corrected chi connectivity index (χ0v) is 15.6. The Kier molecular flexibility index (Phi) is 6.93. The minimum absolute atomic E-state index is 0.0245. The van der Waals surface area contributed by atoms with E-state index in [2.05, 4.69) is 10.3 Å². The normalized spacial score (nSPS) is 9.78. The third-order valence-corrected chi connectivity index (χ3v) is 4.40. The predicted molar refractivity (Wildman–Crippen MR) is 100 cm³/mol. The zero-order valence-electron chi connectivity index (χ0n) is 14.8. The van der Waals surface area contributed by atoms with Crippen LogP contribution in [0.3, 0.4) is 0 Å². The molecular formula is C19H16N4O3S. The number of ether oxygens (including phenoxy) is 1. The van der Waals surface area contributed by atoms with Gasteiger partial charge in [-0.1, -0.05) is 17.8 Å². The molecule has 7 nitrogen and oxygen atoms in total. The molecular weight excluding hydrogens is 364 g/mol. The molecule has 0 spiro atoms. The van der Waals surface area contributed by atoms with Crippen molar-refractivity contribution in [2.24, 2.45) is 0 Å². The number of aryl methyl sites for hydroxylation is 1. The van der Waals surface area contributed by atoms with Crippen molar-refractivity contribution >= 4 is 29.3 Å². The Hall–Kier alpha value is -3.36. The highest BCUT2D eigenvalue weighted by molar-refractivity contribution is 8.00. The van der Waals surface area contributed by atoms with E-state index in [1.807, 2.05) is 12.1 Å². The second-order valence-corrected chi connectivity index (χ2v) is 6.30. The molecule has 2 rings (SSSR count). The second kappa shape index (κ2) is 9.37. The lowest BCUT2D eigenvalue weighted by atomic mass is 10.1. The number of hydrogen-bond acceptors (Lipinski definition) is 7. The van der Waals surface area contributed by atoms with Crippen LogP contribution < -0.4 is 5.32 Å². The van der Waals surface area contributed by atoms with Gasteiger partial charge in [-0.25, -0.2) is 9.78 Å². The first kappa shape index (κ1) is 20.0. The van der Waals surface area contributed by atoms with E-state index in [9.17, 15) is 14.9 Å². The molecule has 0 fully saturated rings. The van der Waals surface area contributed by atoms with Crippen molar-refractivity contribution in [2.45, 2.75) is 18.9 Å². The van der Waals surface area contributed by atoms with E-state index >= 15 is 0 Å². The number of thioether (sulfide) groups is 1. The van der Waals surface area contributed by atoms with Gasteiger partial charge in [-0.3, -0.25) is 4.79 Å². The van der Waals surface area contributed by atoms with Gasteiger partial charge < -0.3 is 10.1 Å². The van der Waals surface area contributed by atoms with Crippen LogP contribution >= 0.6 is 11.8 Å². The van der Waals surface area contributed by atoms with E-state index in [0.717, 1.165) is 11.8 Å². The summed E-state index contributed by atoms with van der Waals surface area (Å²) in [6.07, 6.45) is 0. The van der Waals surface area contributed by atoms with E-state index in [-0.39, 0.29) is 29.4 Å². The number of hydrogen-bond donors (Lipinski definition) is 1. The summed E-state index contributed by atoms with van der Waals surface area (Å²) in [5.74, 6) is -0.810. The topological polar surface area (TPSA) is 116 Å². The molecule has 0 bridgehead atoms. The highest BCUT2D eigenvalue weighted by Crippen LogP contribution is 2.23. The lowest BCUT2D eigenvalue weighted by molar-refractivity contribution is -0.113. The standard InChI is InChI=1S/C19H16N4O3S/c1-3-26-19(25)16-8-14(10-21)18(22-12(16)2)27-11-17(24)23-15-6-4-5-13(7-15)9-20/h4-8H,3,11H2,1-2H3,(H,23,24). The van der Waals surface area contributed by atoms with Gasteiger partial charge in [0.15, 0.2) is 0 Å². The van der Waals surface area contributed by atoms with Gasteiger partial charge in [0.05, 0.1) is 40.8 Å². The number of carbonyl (C=O) groups is 2. The van der Waals surface area contributed by atoms with Crippen LogP contribution in [0.15, 0.2) is 35.4 Å². The van der Waals surface area contributed by atoms with Crippen LogP contribution in [0.2, 0.25) is 0 Å².